The molecular weight excluding hydrogens is 216 g/mol. The zero-order valence-corrected chi connectivity index (χ0v) is 9.87. The highest BCUT2D eigenvalue weighted by molar-refractivity contribution is 5.42. The second-order valence-electron chi connectivity index (χ2n) is 4.81. The fraction of sp³-hybridized carbons (Fsp3) is 0.636. The Labute approximate surface area is 99.4 Å². The molecule has 0 spiro atoms. The number of fused-ring (bicyclic) bond motifs is 1. The van der Waals surface area contributed by atoms with Crippen LogP contribution in [0.5, 0.6) is 0 Å². The van der Waals surface area contributed by atoms with Crippen LogP contribution in [0.25, 0.3) is 5.65 Å². The van der Waals surface area contributed by atoms with Crippen LogP contribution in [0.1, 0.15) is 32.6 Å². The lowest BCUT2D eigenvalue weighted by Gasteiger charge is -2.13. The van der Waals surface area contributed by atoms with E-state index in [0.717, 1.165) is 11.7 Å². The molecule has 2 heterocycles. The van der Waals surface area contributed by atoms with Gasteiger partial charge < -0.3 is 5.32 Å². The first-order valence-electron chi connectivity index (χ1n) is 6.13. The predicted molar refractivity (Wildman–Crippen MR) is 63.6 cm³/mol. The minimum atomic E-state index is 0.442. The maximum atomic E-state index is 4.29. The van der Waals surface area contributed by atoms with Crippen molar-refractivity contribution in [3.8, 4) is 0 Å². The quantitative estimate of drug-likeness (QED) is 0.846. The molecular formula is C11H16N6. The van der Waals surface area contributed by atoms with E-state index in [-0.39, 0.29) is 0 Å². The highest BCUT2D eigenvalue weighted by atomic mass is 15.6. The average molecular weight is 232 g/mol. The summed E-state index contributed by atoms with van der Waals surface area (Å²) < 4.78 is 1.44. The molecule has 1 atom stereocenters. The van der Waals surface area contributed by atoms with Crippen LogP contribution in [0.4, 0.5) is 5.82 Å². The SMILES string of the molecule is CC(CCC1CC1)Nc1ccc2nnnn2n1. The van der Waals surface area contributed by atoms with Gasteiger partial charge in [0.1, 0.15) is 5.82 Å². The lowest BCUT2D eigenvalue weighted by Crippen LogP contribution is -2.17. The van der Waals surface area contributed by atoms with Gasteiger partial charge in [-0.25, -0.2) is 0 Å². The molecule has 6 heteroatoms. The first-order chi connectivity index (χ1) is 8.31. The summed E-state index contributed by atoms with van der Waals surface area (Å²) in [6.45, 7) is 2.19. The number of anilines is 1. The van der Waals surface area contributed by atoms with Gasteiger partial charge in [-0.05, 0) is 48.2 Å². The molecule has 0 radical (unpaired) electrons. The Hall–Kier alpha value is -1.72. The topological polar surface area (TPSA) is 68.0 Å². The van der Waals surface area contributed by atoms with Gasteiger partial charge in [0.15, 0.2) is 5.65 Å². The molecule has 3 rings (SSSR count). The molecule has 0 aliphatic heterocycles. The Morgan fingerprint density at radius 2 is 2.35 bits per heavy atom. The van der Waals surface area contributed by atoms with Crippen LogP contribution in [0.2, 0.25) is 0 Å². The van der Waals surface area contributed by atoms with Crippen LogP contribution in [0.3, 0.4) is 0 Å². The minimum absolute atomic E-state index is 0.442. The first kappa shape index (κ1) is 10.4. The van der Waals surface area contributed by atoms with E-state index in [0.29, 0.717) is 11.7 Å². The predicted octanol–water partition coefficient (Wildman–Crippen LogP) is 1.51. The first-order valence-corrected chi connectivity index (χ1v) is 6.13. The number of tetrazole rings is 1. The summed E-state index contributed by atoms with van der Waals surface area (Å²) in [5.41, 5.74) is 0.668. The van der Waals surface area contributed by atoms with Gasteiger partial charge in [0.05, 0.1) is 0 Å². The van der Waals surface area contributed by atoms with Crippen molar-refractivity contribution in [2.75, 3.05) is 5.32 Å². The van der Waals surface area contributed by atoms with E-state index in [2.05, 4.69) is 32.9 Å². The Kier molecular flexibility index (Phi) is 2.62. The molecule has 2 aromatic heterocycles. The number of aromatic nitrogens is 5. The smallest absolute Gasteiger partial charge is 0.200 e. The fourth-order valence-corrected chi connectivity index (χ4v) is 1.94. The molecule has 0 bridgehead atoms. The van der Waals surface area contributed by atoms with Crippen molar-refractivity contribution in [2.24, 2.45) is 5.92 Å². The molecule has 2 aromatic rings. The van der Waals surface area contributed by atoms with Crippen molar-refractivity contribution in [3.05, 3.63) is 12.1 Å². The molecule has 1 aliphatic rings. The van der Waals surface area contributed by atoms with Gasteiger partial charge >= 0.3 is 0 Å². The Balaban J connectivity index is 1.62. The van der Waals surface area contributed by atoms with Crippen molar-refractivity contribution in [3.63, 3.8) is 0 Å². The molecule has 0 amide bonds. The number of rotatable bonds is 5. The van der Waals surface area contributed by atoms with E-state index in [1.165, 1.54) is 30.3 Å². The van der Waals surface area contributed by atoms with E-state index < -0.39 is 0 Å². The van der Waals surface area contributed by atoms with Crippen LogP contribution in [0.15, 0.2) is 12.1 Å². The number of nitrogens with one attached hydrogen (secondary N) is 1. The van der Waals surface area contributed by atoms with E-state index >= 15 is 0 Å². The monoisotopic (exact) mass is 232 g/mol. The Bertz CT molecular complexity index is 503. The summed E-state index contributed by atoms with van der Waals surface area (Å²) in [7, 11) is 0. The molecule has 1 N–H and O–H groups in total. The molecule has 0 saturated heterocycles. The normalized spacial score (nSPS) is 17.2. The van der Waals surface area contributed by atoms with Crippen molar-refractivity contribution in [2.45, 2.75) is 38.6 Å². The second-order valence-corrected chi connectivity index (χ2v) is 4.81. The lowest BCUT2D eigenvalue weighted by molar-refractivity contribution is 0.606. The average Bonchev–Trinajstić information content (AvgIpc) is 3.04. The largest absolute Gasteiger partial charge is 0.366 e. The summed E-state index contributed by atoms with van der Waals surface area (Å²) in [5.74, 6) is 1.81. The van der Waals surface area contributed by atoms with Gasteiger partial charge in [-0.1, -0.05) is 12.8 Å². The summed E-state index contributed by atoms with van der Waals surface area (Å²) >= 11 is 0. The van der Waals surface area contributed by atoms with Crippen LogP contribution in [0, 0.1) is 5.92 Å². The van der Waals surface area contributed by atoms with Crippen molar-refractivity contribution in [1.29, 1.82) is 0 Å². The molecule has 1 fully saturated rings. The molecule has 17 heavy (non-hydrogen) atoms. The third-order valence-corrected chi connectivity index (χ3v) is 3.17. The van der Waals surface area contributed by atoms with Gasteiger partial charge in [0.2, 0.25) is 0 Å². The van der Waals surface area contributed by atoms with Gasteiger partial charge in [0.25, 0.3) is 0 Å². The number of hydrogen-bond donors (Lipinski definition) is 1. The molecule has 1 unspecified atom stereocenters. The maximum Gasteiger partial charge on any atom is 0.200 e. The standard InChI is InChI=1S/C11H16N6/c1-8(2-3-9-4-5-9)12-10-6-7-11-13-15-16-17(11)14-10/h6-9H,2-5H2,1H3,(H,12,14). The number of hydrogen-bond acceptors (Lipinski definition) is 5. The molecule has 1 saturated carbocycles. The van der Waals surface area contributed by atoms with E-state index in [1.54, 1.807) is 0 Å². The summed E-state index contributed by atoms with van der Waals surface area (Å²) in [6, 6.07) is 4.22. The lowest BCUT2D eigenvalue weighted by atomic mass is 10.1. The van der Waals surface area contributed by atoms with Crippen LogP contribution in [-0.4, -0.2) is 31.3 Å². The van der Waals surface area contributed by atoms with Crippen LogP contribution in [-0.2, 0) is 0 Å². The van der Waals surface area contributed by atoms with Crippen molar-refractivity contribution in [1.82, 2.24) is 25.3 Å². The van der Waals surface area contributed by atoms with E-state index in [1.807, 2.05) is 12.1 Å². The third-order valence-electron chi connectivity index (χ3n) is 3.17. The van der Waals surface area contributed by atoms with Gasteiger partial charge in [-0.2, -0.15) is 0 Å². The van der Waals surface area contributed by atoms with Gasteiger partial charge in [0, 0.05) is 6.04 Å². The summed E-state index contributed by atoms with van der Waals surface area (Å²) in [6.07, 6.45) is 5.35. The zero-order chi connectivity index (χ0) is 11.7. The van der Waals surface area contributed by atoms with E-state index in [9.17, 15) is 0 Å². The highest BCUT2D eigenvalue weighted by Crippen LogP contribution is 2.34. The molecule has 1 aliphatic carbocycles. The Morgan fingerprint density at radius 3 is 3.18 bits per heavy atom. The molecule has 0 aromatic carbocycles. The second kappa shape index (κ2) is 4.27. The summed E-state index contributed by atoms with van der Waals surface area (Å²) in [4.78, 5) is 0. The third kappa shape index (κ3) is 2.51. The van der Waals surface area contributed by atoms with Crippen LogP contribution >= 0.6 is 0 Å². The van der Waals surface area contributed by atoms with Crippen LogP contribution < -0.4 is 5.32 Å². The minimum Gasteiger partial charge on any atom is -0.366 e. The fourth-order valence-electron chi connectivity index (χ4n) is 1.94. The van der Waals surface area contributed by atoms with Gasteiger partial charge in [-0.3, -0.25) is 0 Å². The van der Waals surface area contributed by atoms with Crippen molar-refractivity contribution >= 4 is 11.5 Å². The maximum absolute atomic E-state index is 4.29. The van der Waals surface area contributed by atoms with E-state index in [4.69, 9.17) is 0 Å². The Morgan fingerprint density at radius 1 is 1.47 bits per heavy atom. The molecule has 90 valence electrons. The summed E-state index contributed by atoms with van der Waals surface area (Å²) in [5, 5.41) is 18.8. The van der Waals surface area contributed by atoms with Gasteiger partial charge in [-0.15, -0.1) is 14.8 Å². The van der Waals surface area contributed by atoms with Crippen molar-refractivity contribution < 1.29 is 0 Å². The highest BCUT2D eigenvalue weighted by Gasteiger charge is 2.21. The zero-order valence-electron chi connectivity index (χ0n) is 9.87. The number of nitrogens with zero attached hydrogens (tertiary/aromatic N) is 5. The molecule has 6 nitrogen and oxygen atoms in total.